The first-order chi connectivity index (χ1) is 9.08. The van der Waals surface area contributed by atoms with Crippen LogP contribution in [0, 0.1) is 13.8 Å². The van der Waals surface area contributed by atoms with Gasteiger partial charge >= 0.3 is 5.97 Å². The summed E-state index contributed by atoms with van der Waals surface area (Å²) in [6.07, 6.45) is 4.09. The van der Waals surface area contributed by atoms with Crippen molar-refractivity contribution in [2.24, 2.45) is 0 Å². The third kappa shape index (κ3) is 3.01. The second-order valence-electron chi connectivity index (χ2n) is 3.90. The lowest BCUT2D eigenvalue weighted by Crippen LogP contribution is -2.22. The Morgan fingerprint density at radius 3 is 2.68 bits per heavy atom. The van der Waals surface area contributed by atoms with Crippen LogP contribution < -0.4 is 0 Å². The van der Waals surface area contributed by atoms with E-state index in [-0.39, 0.29) is 5.69 Å². The highest BCUT2D eigenvalue weighted by Crippen LogP contribution is 2.02. The molecule has 0 saturated carbocycles. The van der Waals surface area contributed by atoms with Crippen molar-refractivity contribution in [3.05, 3.63) is 41.7 Å². The summed E-state index contributed by atoms with van der Waals surface area (Å²) in [6.45, 7) is 3.14. The first-order valence-corrected chi connectivity index (χ1v) is 5.57. The molecule has 2 aromatic heterocycles. The monoisotopic (exact) mass is 260 g/mol. The Bertz CT molecular complexity index is 607. The van der Waals surface area contributed by atoms with E-state index in [0.717, 1.165) is 5.69 Å². The Balaban J connectivity index is 1.98. The minimum Gasteiger partial charge on any atom is -0.451 e. The molecule has 98 valence electrons. The van der Waals surface area contributed by atoms with Gasteiger partial charge in [0, 0.05) is 18.1 Å². The SMILES string of the molecule is Cc1cc(C)n(C(=O)COC(=O)c2cnccn2)n1. The van der Waals surface area contributed by atoms with Crippen LogP contribution in [0.25, 0.3) is 0 Å². The van der Waals surface area contributed by atoms with E-state index < -0.39 is 18.5 Å². The molecular weight excluding hydrogens is 248 g/mol. The Morgan fingerprint density at radius 2 is 2.11 bits per heavy atom. The van der Waals surface area contributed by atoms with Gasteiger partial charge in [0.25, 0.3) is 5.91 Å². The van der Waals surface area contributed by atoms with Crippen LogP contribution in [-0.2, 0) is 4.74 Å². The van der Waals surface area contributed by atoms with Gasteiger partial charge in [-0.3, -0.25) is 9.78 Å². The molecule has 0 spiro atoms. The number of ether oxygens (including phenoxy) is 1. The topological polar surface area (TPSA) is 87.0 Å². The molecule has 0 N–H and O–H groups in total. The molecule has 0 aromatic carbocycles. The Morgan fingerprint density at radius 1 is 1.32 bits per heavy atom. The van der Waals surface area contributed by atoms with E-state index in [1.54, 1.807) is 19.9 Å². The molecule has 0 saturated heterocycles. The standard InChI is InChI=1S/C12H12N4O3/c1-8-5-9(2)16(15-8)11(17)7-19-12(18)10-6-13-3-4-14-10/h3-6H,7H2,1-2H3. The van der Waals surface area contributed by atoms with Crippen molar-refractivity contribution < 1.29 is 14.3 Å². The fraction of sp³-hybridized carbons (Fsp3) is 0.250. The number of esters is 1. The number of aryl methyl sites for hydroxylation is 2. The molecule has 2 heterocycles. The van der Waals surface area contributed by atoms with Crippen molar-refractivity contribution >= 4 is 11.9 Å². The maximum Gasteiger partial charge on any atom is 0.359 e. The maximum absolute atomic E-state index is 11.8. The molecule has 0 aliphatic carbocycles. The zero-order valence-corrected chi connectivity index (χ0v) is 10.5. The molecule has 0 amide bonds. The summed E-state index contributed by atoms with van der Waals surface area (Å²) < 4.78 is 6.06. The van der Waals surface area contributed by atoms with E-state index in [2.05, 4.69) is 15.1 Å². The molecule has 2 aromatic rings. The van der Waals surface area contributed by atoms with Gasteiger partial charge in [-0.25, -0.2) is 14.5 Å². The van der Waals surface area contributed by atoms with E-state index >= 15 is 0 Å². The summed E-state index contributed by atoms with van der Waals surface area (Å²) >= 11 is 0. The average molecular weight is 260 g/mol. The molecule has 0 fully saturated rings. The third-order valence-electron chi connectivity index (χ3n) is 2.34. The van der Waals surface area contributed by atoms with Gasteiger partial charge in [0.05, 0.1) is 11.9 Å². The van der Waals surface area contributed by atoms with Gasteiger partial charge in [-0.1, -0.05) is 0 Å². The summed E-state index contributed by atoms with van der Waals surface area (Å²) in [5.74, 6) is -1.11. The van der Waals surface area contributed by atoms with Crippen molar-refractivity contribution in [3.8, 4) is 0 Å². The lowest BCUT2D eigenvalue weighted by atomic mass is 10.4. The molecule has 2 rings (SSSR count). The second-order valence-corrected chi connectivity index (χ2v) is 3.90. The van der Waals surface area contributed by atoms with Crippen LogP contribution >= 0.6 is 0 Å². The minimum absolute atomic E-state index is 0.0590. The van der Waals surface area contributed by atoms with Gasteiger partial charge in [0.15, 0.2) is 12.3 Å². The van der Waals surface area contributed by atoms with Crippen LogP contribution in [0.2, 0.25) is 0 Å². The molecule has 7 nitrogen and oxygen atoms in total. The van der Waals surface area contributed by atoms with E-state index in [9.17, 15) is 9.59 Å². The van der Waals surface area contributed by atoms with E-state index in [1.165, 1.54) is 23.3 Å². The summed E-state index contributed by atoms with van der Waals surface area (Å²) in [4.78, 5) is 30.9. The smallest absolute Gasteiger partial charge is 0.359 e. The van der Waals surface area contributed by atoms with E-state index in [0.29, 0.717) is 5.69 Å². The number of hydrogen-bond donors (Lipinski definition) is 0. The number of nitrogens with zero attached hydrogens (tertiary/aromatic N) is 4. The molecule has 0 aliphatic heterocycles. The number of hydrogen-bond acceptors (Lipinski definition) is 6. The molecule has 0 bridgehead atoms. The highest BCUT2D eigenvalue weighted by atomic mass is 16.5. The Labute approximate surface area is 109 Å². The lowest BCUT2D eigenvalue weighted by Gasteiger charge is -2.04. The highest BCUT2D eigenvalue weighted by Gasteiger charge is 2.14. The Hall–Kier alpha value is -2.57. The largest absolute Gasteiger partial charge is 0.451 e. The van der Waals surface area contributed by atoms with Crippen molar-refractivity contribution in [1.82, 2.24) is 19.7 Å². The summed E-state index contributed by atoms with van der Waals surface area (Å²) in [5, 5.41) is 4.01. The Kier molecular flexibility index (Phi) is 3.65. The number of carbonyl (C=O) groups excluding carboxylic acids is 2. The van der Waals surface area contributed by atoms with Gasteiger partial charge in [0.2, 0.25) is 0 Å². The van der Waals surface area contributed by atoms with Crippen molar-refractivity contribution in [3.63, 3.8) is 0 Å². The highest BCUT2D eigenvalue weighted by molar-refractivity contribution is 5.89. The first-order valence-electron chi connectivity index (χ1n) is 5.57. The zero-order valence-electron chi connectivity index (χ0n) is 10.5. The number of rotatable bonds is 3. The van der Waals surface area contributed by atoms with Gasteiger partial charge in [-0.15, -0.1) is 0 Å². The fourth-order valence-electron chi connectivity index (χ4n) is 1.55. The quantitative estimate of drug-likeness (QED) is 0.758. The lowest BCUT2D eigenvalue weighted by molar-refractivity contribution is 0.0436. The summed E-state index contributed by atoms with van der Waals surface area (Å²) in [5.41, 5.74) is 1.48. The fourth-order valence-corrected chi connectivity index (χ4v) is 1.55. The predicted octanol–water partition coefficient (Wildman–Crippen LogP) is 0.787. The second kappa shape index (κ2) is 5.38. The van der Waals surface area contributed by atoms with Gasteiger partial charge in [-0.2, -0.15) is 5.10 Å². The molecule has 0 unspecified atom stereocenters. The number of aromatic nitrogens is 4. The van der Waals surface area contributed by atoms with Crippen LogP contribution in [0.3, 0.4) is 0 Å². The van der Waals surface area contributed by atoms with Crippen LogP contribution in [0.4, 0.5) is 0 Å². The average Bonchev–Trinajstić information content (AvgIpc) is 2.75. The van der Waals surface area contributed by atoms with E-state index in [4.69, 9.17) is 4.74 Å². The van der Waals surface area contributed by atoms with Gasteiger partial charge < -0.3 is 4.74 Å². The van der Waals surface area contributed by atoms with Crippen molar-refractivity contribution in [2.75, 3.05) is 6.61 Å². The third-order valence-corrected chi connectivity index (χ3v) is 2.34. The van der Waals surface area contributed by atoms with Crippen LogP contribution in [0.1, 0.15) is 26.7 Å². The normalized spacial score (nSPS) is 10.2. The van der Waals surface area contributed by atoms with E-state index in [1.807, 2.05) is 0 Å². The van der Waals surface area contributed by atoms with Crippen molar-refractivity contribution in [1.29, 1.82) is 0 Å². The summed E-state index contributed by atoms with van der Waals surface area (Å²) in [6, 6.07) is 1.77. The molecule has 7 heteroatoms. The zero-order chi connectivity index (χ0) is 13.8. The van der Waals surface area contributed by atoms with Crippen LogP contribution in [0.15, 0.2) is 24.7 Å². The van der Waals surface area contributed by atoms with Gasteiger partial charge in [0.1, 0.15) is 0 Å². The predicted molar refractivity (Wildman–Crippen MR) is 64.6 cm³/mol. The molecule has 0 aliphatic rings. The maximum atomic E-state index is 11.8. The van der Waals surface area contributed by atoms with Crippen molar-refractivity contribution in [2.45, 2.75) is 13.8 Å². The van der Waals surface area contributed by atoms with Crippen LogP contribution in [-0.4, -0.2) is 38.2 Å². The van der Waals surface area contributed by atoms with Crippen LogP contribution in [0.5, 0.6) is 0 Å². The molecule has 0 atom stereocenters. The summed E-state index contributed by atoms with van der Waals surface area (Å²) in [7, 11) is 0. The van der Waals surface area contributed by atoms with Gasteiger partial charge in [-0.05, 0) is 19.9 Å². The molecular formula is C12H12N4O3. The first kappa shape index (κ1) is 12.9. The molecule has 0 radical (unpaired) electrons. The molecule has 19 heavy (non-hydrogen) atoms. The minimum atomic E-state index is -0.692. The number of carbonyl (C=O) groups is 2.